The first kappa shape index (κ1) is 17.7. The van der Waals surface area contributed by atoms with Gasteiger partial charge in [-0.25, -0.2) is 0 Å². The van der Waals surface area contributed by atoms with E-state index in [1.165, 1.54) is 6.38 Å². The summed E-state index contributed by atoms with van der Waals surface area (Å²) in [7, 11) is 1.00. The molecule has 1 N–H and O–H groups in total. The van der Waals surface area contributed by atoms with Crippen LogP contribution in [0.2, 0.25) is 0 Å². The highest BCUT2D eigenvalue weighted by atomic mass is 35.5. The zero-order chi connectivity index (χ0) is 4.00. The molecule has 0 unspecified atom stereocenters. The fraction of sp³-hybridized carbons (Fsp3) is 1.00. The van der Waals surface area contributed by atoms with Crippen LogP contribution < -0.4 is 0 Å². The van der Waals surface area contributed by atoms with Crippen LogP contribution >= 0.6 is 24.0 Å². The minimum Gasteiger partial charge on any atom is -0.400 e. The molecule has 1 nitrogen and oxygen atoms in total. The molecule has 0 amide bonds. The predicted molar refractivity (Wildman–Crippen MR) is 27.2 cm³/mol. The third kappa shape index (κ3) is 100. The molecule has 0 radical (unpaired) electrons. The monoisotopic (exact) mass is 118 g/mol. The minimum atomic E-state index is 0. The van der Waals surface area contributed by atoms with E-state index in [1.54, 1.807) is 0 Å². The summed E-state index contributed by atoms with van der Waals surface area (Å²) in [6.45, 7) is 0. The summed E-state index contributed by atoms with van der Waals surface area (Å²) in [4.78, 5) is 0. The van der Waals surface area contributed by atoms with E-state index in [-0.39, 0.29) is 12.4 Å². The average molecular weight is 119 g/mol. The smallest absolute Gasteiger partial charge is 0.0319 e. The maximum atomic E-state index is 7.00. The number of hydrogen-bond acceptors (Lipinski definition) is 1. The standard InChI is InChI=1S/CH3Cl.CH4O.ClH/c2*1-2;/h1H3;2H,1H3;1H. The van der Waals surface area contributed by atoms with E-state index in [0.717, 1.165) is 7.11 Å². The highest BCUT2D eigenvalue weighted by Gasteiger charge is 0.943. The van der Waals surface area contributed by atoms with Crippen LogP contribution in [0.15, 0.2) is 0 Å². The van der Waals surface area contributed by atoms with Gasteiger partial charge in [-0.15, -0.1) is 24.0 Å². The molecule has 0 aliphatic heterocycles. The summed E-state index contributed by atoms with van der Waals surface area (Å²) in [6.07, 6.45) is 1.47. The summed E-state index contributed by atoms with van der Waals surface area (Å²) in [5.74, 6) is 0. The molecule has 0 bridgehead atoms. The molecule has 36 valence electrons. The molecule has 0 saturated heterocycles. The largest absolute Gasteiger partial charge is 0.400 e. The molecule has 0 spiro atoms. The fourth-order valence-electron chi connectivity index (χ4n) is 0. The molecule has 0 saturated carbocycles. The van der Waals surface area contributed by atoms with E-state index in [0.29, 0.717) is 0 Å². The molecule has 0 heterocycles. The third-order valence-corrected chi connectivity index (χ3v) is 0. The van der Waals surface area contributed by atoms with Crippen LogP contribution in [0.4, 0.5) is 0 Å². The van der Waals surface area contributed by atoms with Crippen molar-refractivity contribution in [2.45, 2.75) is 0 Å². The van der Waals surface area contributed by atoms with Crippen molar-refractivity contribution in [3.05, 3.63) is 0 Å². The maximum Gasteiger partial charge on any atom is 0.0319 e. The molecule has 3 heteroatoms. The molecule has 0 aromatic heterocycles. The lowest BCUT2D eigenvalue weighted by Gasteiger charge is -1.21. The molecule has 0 atom stereocenters. The second-order valence-corrected chi connectivity index (χ2v) is 0. The van der Waals surface area contributed by atoms with Gasteiger partial charge in [-0.2, -0.15) is 0 Å². The Balaban J connectivity index is -0.0000000133. The van der Waals surface area contributed by atoms with Crippen LogP contribution in [0.1, 0.15) is 0 Å². The normalized spacial score (nSPS) is 2.40. The number of alkyl halides is 1. The lowest BCUT2D eigenvalue weighted by molar-refractivity contribution is 0.399. The summed E-state index contributed by atoms with van der Waals surface area (Å²) in [5.41, 5.74) is 0. The molecule has 0 aliphatic carbocycles. The Morgan fingerprint density at radius 2 is 1.20 bits per heavy atom. The van der Waals surface area contributed by atoms with Gasteiger partial charge in [-0.3, -0.25) is 0 Å². The summed E-state index contributed by atoms with van der Waals surface area (Å²) >= 11 is 4.64. The molecule has 0 aromatic rings. The van der Waals surface area contributed by atoms with Crippen LogP contribution in [0, 0.1) is 0 Å². The average Bonchev–Trinajstić information content (AvgIpc) is 1.50. The SMILES string of the molecule is CCl.CO.Cl. The first-order valence-corrected chi connectivity index (χ1v) is 1.58. The van der Waals surface area contributed by atoms with Crippen molar-refractivity contribution in [2.24, 2.45) is 0 Å². The van der Waals surface area contributed by atoms with E-state index >= 15 is 0 Å². The number of aliphatic hydroxyl groups excluding tert-OH is 1. The van der Waals surface area contributed by atoms with Gasteiger partial charge < -0.3 is 5.11 Å². The van der Waals surface area contributed by atoms with Crippen molar-refractivity contribution in [1.29, 1.82) is 0 Å². The zero-order valence-corrected chi connectivity index (χ0v) is 4.81. The quantitative estimate of drug-likeness (QED) is 0.469. The summed E-state index contributed by atoms with van der Waals surface area (Å²) in [5, 5.41) is 7.00. The minimum absolute atomic E-state index is 0. The second kappa shape index (κ2) is 195. The Hall–Kier alpha value is 0.540. The van der Waals surface area contributed by atoms with Gasteiger partial charge in [0.05, 0.1) is 0 Å². The lowest BCUT2D eigenvalue weighted by atomic mass is 11.8. The topological polar surface area (TPSA) is 20.2 Å². The highest BCUT2D eigenvalue weighted by molar-refractivity contribution is 6.15. The lowest BCUT2D eigenvalue weighted by Crippen LogP contribution is -1.25. The Labute approximate surface area is 43.4 Å². The van der Waals surface area contributed by atoms with Crippen LogP contribution in [-0.4, -0.2) is 18.6 Å². The first-order valence-electron chi connectivity index (χ1n) is 0.825. The maximum absolute atomic E-state index is 7.00. The summed E-state index contributed by atoms with van der Waals surface area (Å²) in [6, 6.07) is 0. The zero-order valence-electron chi connectivity index (χ0n) is 3.23. The van der Waals surface area contributed by atoms with E-state index in [9.17, 15) is 0 Å². The van der Waals surface area contributed by atoms with Crippen LogP contribution in [0.25, 0.3) is 0 Å². The van der Waals surface area contributed by atoms with Gasteiger partial charge in [-0.1, -0.05) is 0 Å². The fourth-order valence-corrected chi connectivity index (χ4v) is 0. The number of aliphatic hydroxyl groups is 1. The van der Waals surface area contributed by atoms with E-state index in [2.05, 4.69) is 11.6 Å². The number of hydrogen-bond donors (Lipinski definition) is 1. The molecule has 0 aliphatic rings. The van der Waals surface area contributed by atoms with Crippen molar-refractivity contribution >= 4 is 24.0 Å². The Bertz CT molecular complexity index is 7.61. The number of halogens is 2. The van der Waals surface area contributed by atoms with Gasteiger partial charge in [0, 0.05) is 13.5 Å². The van der Waals surface area contributed by atoms with Gasteiger partial charge in [0.1, 0.15) is 0 Å². The van der Waals surface area contributed by atoms with Crippen LogP contribution in [-0.2, 0) is 0 Å². The number of rotatable bonds is 0. The predicted octanol–water partition coefficient (Wildman–Crippen LogP) is 0.885. The molecule has 0 fully saturated rings. The molecule has 5 heavy (non-hydrogen) atoms. The van der Waals surface area contributed by atoms with E-state index < -0.39 is 0 Å². The Kier molecular flexibility index (Phi) is 691. The van der Waals surface area contributed by atoms with Crippen molar-refractivity contribution in [3.8, 4) is 0 Å². The van der Waals surface area contributed by atoms with E-state index in [1.807, 2.05) is 0 Å². The van der Waals surface area contributed by atoms with Gasteiger partial charge >= 0.3 is 0 Å². The van der Waals surface area contributed by atoms with Gasteiger partial charge in [0.15, 0.2) is 0 Å². The Morgan fingerprint density at radius 3 is 1.20 bits per heavy atom. The van der Waals surface area contributed by atoms with Crippen molar-refractivity contribution in [1.82, 2.24) is 0 Å². The first-order chi connectivity index (χ1) is 2.00. The molecule has 0 rings (SSSR count). The van der Waals surface area contributed by atoms with Gasteiger partial charge in [0.2, 0.25) is 0 Å². The van der Waals surface area contributed by atoms with Crippen molar-refractivity contribution < 1.29 is 5.11 Å². The van der Waals surface area contributed by atoms with Crippen LogP contribution in [0.5, 0.6) is 0 Å². The summed E-state index contributed by atoms with van der Waals surface area (Å²) < 4.78 is 0. The van der Waals surface area contributed by atoms with Crippen molar-refractivity contribution in [2.75, 3.05) is 13.5 Å². The highest BCUT2D eigenvalue weighted by Crippen LogP contribution is 1.34. The molecular weight excluding hydrogens is 111 g/mol. The van der Waals surface area contributed by atoms with E-state index in [4.69, 9.17) is 5.11 Å². The Morgan fingerprint density at radius 1 is 1.20 bits per heavy atom. The van der Waals surface area contributed by atoms with Gasteiger partial charge in [0.25, 0.3) is 0 Å². The molecular formula is C2H8Cl2O. The molecule has 0 aromatic carbocycles. The van der Waals surface area contributed by atoms with Gasteiger partial charge in [-0.05, 0) is 0 Å². The third-order valence-electron chi connectivity index (χ3n) is 0. The van der Waals surface area contributed by atoms with Crippen LogP contribution in [0.3, 0.4) is 0 Å². The second-order valence-electron chi connectivity index (χ2n) is 0. The van der Waals surface area contributed by atoms with Crippen molar-refractivity contribution in [3.63, 3.8) is 0 Å².